The van der Waals surface area contributed by atoms with Crippen molar-refractivity contribution in [3.63, 3.8) is 0 Å². The lowest BCUT2D eigenvalue weighted by molar-refractivity contribution is 0.684. The number of nitrogen functional groups attached to an aromatic ring is 1. The van der Waals surface area contributed by atoms with E-state index in [0.29, 0.717) is 5.69 Å². The molecule has 2 aromatic heterocycles. The number of nitrogens with two attached hydrogens (primary N) is 1. The van der Waals surface area contributed by atoms with Gasteiger partial charge in [-0.2, -0.15) is 0 Å². The quantitative estimate of drug-likeness (QED) is 0.856. The molecule has 0 spiro atoms. The van der Waals surface area contributed by atoms with Gasteiger partial charge in [0.15, 0.2) is 5.82 Å². The van der Waals surface area contributed by atoms with Crippen molar-refractivity contribution in [2.75, 3.05) is 5.73 Å². The normalized spacial score (nSPS) is 10.6. The largest absolute Gasteiger partial charge is 0.397 e. The predicted octanol–water partition coefficient (Wildman–Crippen LogP) is 2.25. The Morgan fingerprint density at radius 3 is 2.88 bits per heavy atom. The molecule has 0 amide bonds. The molecule has 84 valence electrons. The van der Waals surface area contributed by atoms with Gasteiger partial charge in [-0.15, -0.1) is 0 Å². The standard InChI is InChI=1S/C12H16N4/c1-3-7-16-8-6-15-12(16)11-10(13)9(2)4-5-14-11/h4-6,8H,3,7,13H2,1-2H3. The summed E-state index contributed by atoms with van der Waals surface area (Å²) in [7, 11) is 0. The smallest absolute Gasteiger partial charge is 0.160 e. The Hall–Kier alpha value is -1.84. The summed E-state index contributed by atoms with van der Waals surface area (Å²) in [4.78, 5) is 8.64. The number of aromatic nitrogens is 3. The molecular weight excluding hydrogens is 200 g/mol. The molecular formula is C12H16N4. The van der Waals surface area contributed by atoms with Crippen LogP contribution in [0, 0.1) is 6.92 Å². The lowest BCUT2D eigenvalue weighted by atomic mass is 10.2. The lowest BCUT2D eigenvalue weighted by Gasteiger charge is -2.09. The van der Waals surface area contributed by atoms with E-state index in [0.717, 1.165) is 30.0 Å². The van der Waals surface area contributed by atoms with Crippen LogP contribution in [0.2, 0.25) is 0 Å². The molecule has 2 aromatic rings. The second-order valence-corrected chi connectivity index (χ2v) is 3.83. The Balaban J connectivity index is 2.50. The molecule has 0 aliphatic heterocycles. The van der Waals surface area contributed by atoms with Crippen molar-refractivity contribution in [3.05, 3.63) is 30.2 Å². The van der Waals surface area contributed by atoms with E-state index >= 15 is 0 Å². The first-order chi connectivity index (χ1) is 7.74. The number of aryl methyl sites for hydroxylation is 2. The second kappa shape index (κ2) is 4.35. The van der Waals surface area contributed by atoms with Crippen molar-refractivity contribution in [1.82, 2.24) is 14.5 Å². The SMILES string of the molecule is CCCn1ccnc1-c1nccc(C)c1N. The summed E-state index contributed by atoms with van der Waals surface area (Å²) in [5, 5.41) is 0. The monoisotopic (exact) mass is 216 g/mol. The van der Waals surface area contributed by atoms with Gasteiger partial charge in [0.1, 0.15) is 5.69 Å². The molecule has 2 heterocycles. The number of nitrogens with zero attached hydrogens (tertiary/aromatic N) is 3. The highest BCUT2D eigenvalue weighted by Gasteiger charge is 2.11. The average Bonchev–Trinajstić information content (AvgIpc) is 2.71. The number of pyridine rings is 1. The van der Waals surface area contributed by atoms with Crippen LogP contribution in [0.15, 0.2) is 24.7 Å². The molecule has 0 aliphatic rings. The third kappa shape index (κ3) is 1.78. The predicted molar refractivity (Wildman–Crippen MR) is 64.9 cm³/mol. The first kappa shape index (κ1) is 10.7. The first-order valence-corrected chi connectivity index (χ1v) is 5.46. The van der Waals surface area contributed by atoms with Crippen molar-refractivity contribution in [1.29, 1.82) is 0 Å². The molecule has 2 N–H and O–H groups in total. The highest BCUT2D eigenvalue weighted by molar-refractivity contribution is 5.70. The molecule has 0 radical (unpaired) electrons. The number of hydrogen-bond acceptors (Lipinski definition) is 3. The van der Waals surface area contributed by atoms with Gasteiger partial charge in [0, 0.05) is 25.1 Å². The van der Waals surface area contributed by atoms with Crippen molar-refractivity contribution in [2.24, 2.45) is 0 Å². The maximum atomic E-state index is 6.02. The lowest BCUT2D eigenvalue weighted by Crippen LogP contribution is -2.03. The minimum atomic E-state index is 0.714. The van der Waals surface area contributed by atoms with Crippen molar-refractivity contribution in [3.8, 4) is 11.5 Å². The Bertz CT molecular complexity index is 488. The molecule has 16 heavy (non-hydrogen) atoms. The number of imidazole rings is 1. The van der Waals surface area contributed by atoms with Gasteiger partial charge in [0.2, 0.25) is 0 Å². The van der Waals surface area contributed by atoms with Crippen LogP contribution in [0.1, 0.15) is 18.9 Å². The molecule has 0 unspecified atom stereocenters. The van der Waals surface area contributed by atoms with E-state index in [-0.39, 0.29) is 0 Å². The van der Waals surface area contributed by atoms with Crippen LogP contribution < -0.4 is 5.73 Å². The van der Waals surface area contributed by atoms with Gasteiger partial charge in [-0.05, 0) is 25.0 Å². The van der Waals surface area contributed by atoms with Gasteiger partial charge in [0.25, 0.3) is 0 Å². The van der Waals surface area contributed by atoms with Crippen molar-refractivity contribution < 1.29 is 0 Å². The second-order valence-electron chi connectivity index (χ2n) is 3.83. The van der Waals surface area contributed by atoms with Crippen molar-refractivity contribution >= 4 is 5.69 Å². The summed E-state index contributed by atoms with van der Waals surface area (Å²) in [5.41, 5.74) is 8.55. The number of anilines is 1. The fourth-order valence-electron chi connectivity index (χ4n) is 1.70. The van der Waals surface area contributed by atoms with Crippen LogP contribution in [0.3, 0.4) is 0 Å². The van der Waals surface area contributed by atoms with Gasteiger partial charge < -0.3 is 10.3 Å². The van der Waals surface area contributed by atoms with E-state index in [2.05, 4.69) is 21.5 Å². The van der Waals surface area contributed by atoms with Gasteiger partial charge in [-0.3, -0.25) is 4.98 Å². The van der Waals surface area contributed by atoms with Crippen molar-refractivity contribution in [2.45, 2.75) is 26.8 Å². The Labute approximate surface area is 95.1 Å². The Kier molecular flexibility index (Phi) is 2.90. The third-order valence-electron chi connectivity index (χ3n) is 2.60. The summed E-state index contributed by atoms with van der Waals surface area (Å²) < 4.78 is 2.08. The van der Waals surface area contributed by atoms with Crippen LogP contribution in [0.4, 0.5) is 5.69 Å². The molecule has 4 nitrogen and oxygen atoms in total. The van der Waals surface area contributed by atoms with Crippen LogP contribution in [0.5, 0.6) is 0 Å². The van der Waals surface area contributed by atoms with Gasteiger partial charge in [0.05, 0.1) is 5.69 Å². The molecule has 2 rings (SSSR count). The van der Waals surface area contributed by atoms with Crippen LogP contribution in [-0.2, 0) is 6.54 Å². The molecule has 0 bridgehead atoms. The highest BCUT2D eigenvalue weighted by Crippen LogP contribution is 2.24. The van der Waals surface area contributed by atoms with Crippen LogP contribution in [-0.4, -0.2) is 14.5 Å². The van der Waals surface area contributed by atoms with E-state index in [1.807, 2.05) is 19.2 Å². The number of hydrogen-bond donors (Lipinski definition) is 1. The first-order valence-electron chi connectivity index (χ1n) is 5.46. The number of rotatable bonds is 3. The minimum Gasteiger partial charge on any atom is -0.397 e. The molecule has 0 aliphatic carbocycles. The fourth-order valence-corrected chi connectivity index (χ4v) is 1.70. The summed E-state index contributed by atoms with van der Waals surface area (Å²) in [6, 6.07) is 1.91. The zero-order valence-corrected chi connectivity index (χ0v) is 9.64. The average molecular weight is 216 g/mol. The molecule has 4 heteroatoms. The van der Waals surface area contributed by atoms with E-state index in [1.165, 1.54) is 0 Å². The summed E-state index contributed by atoms with van der Waals surface area (Å²) in [5.74, 6) is 0.850. The molecule has 0 atom stereocenters. The topological polar surface area (TPSA) is 56.7 Å². The minimum absolute atomic E-state index is 0.714. The van der Waals surface area contributed by atoms with E-state index in [9.17, 15) is 0 Å². The Morgan fingerprint density at radius 1 is 1.31 bits per heavy atom. The summed E-state index contributed by atoms with van der Waals surface area (Å²) in [6.45, 7) is 5.05. The van der Waals surface area contributed by atoms with E-state index < -0.39 is 0 Å². The van der Waals surface area contributed by atoms with E-state index in [4.69, 9.17) is 5.73 Å². The maximum absolute atomic E-state index is 6.02. The van der Waals surface area contributed by atoms with E-state index in [1.54, 1.807) is 12.4 Å². The van der Waals surface area contributed by atoms with Gasteiger partial charge >= 0.3 is 0 Å². The zero-order valence-electron chi connectivity index (χ0n) is 9.64. The molecule has 0 saturated heterocycles. The maximum Gasteiger partial charge on any atom is 0.160 e. The van der Waals surface area contributed by atoms with Crippen LogP contribution >= 0.6 is 0 Å². The van der Waals surface area contributed by atoms with Crippen LogP contribution in [0.25, 0.3) is 11.5 Å². The fraction of sp³-hybridized carbons (Fsp3) is 0.333. The third-order valence-corrected chi connectivity index (χ3v) is 2.60. The summed E-state index contributed by atoms with van der Waals surface area (Å²) >= 11 is 0. The molecule has 0 saturated carbocycles. The zero-order chi connectivity index (χ0) is 11.5. The highest BCUT2D eigenvalue weighted by atomic mass is 15.1. The Morgan fingerprint density at radius 2 is 2.12 bits per heavy atom. The summed E-state index contributed by atoms with van der Waals surface area (Å²) in [6.07, 6.45) is 6.58. The van der Waals surface area contributed by atoms with Gasteiger partial charge in [-0.25, -0.2) is 4.98 Å². The molecule has 0 fully saturated rings. The van der Waals surface area contributed by atoms with Gasteiger partial charge in [-0.1, -0.05) is 6.92 Å². The molecule has 0 aromatic carbocycles.